The van der Waals surface area contributed by atoms with Gasteiger partial charge in [0.15, 0.2) is 0 Å². The SMILES string of the molecule is CSc1ccc(C(=O)N2CCN(C(=O)Cc3ccn(C)c3)CC2)cc1. The lowest BCUT2D eigenvalue weighted by Crippen LogP contribution is -2.51. The number of nitrogens with zero attached hydrogens (tertiary/aromatic N) is 3. The van der Waals surface area contributed by atoms with Crippen LogP contribution in [0.15, 0.2) is 47.6 Å². The third-order valence-electron chi connectivity index (χ3n) is 4.51. The summed E-state index contributed by atoms with van der Waals surface area (Å²) < 4.78 is 1.95. The predicted octanol–water partition coefficient (Wildman–Crippen LogP) is 2.27. The number of aryl methyl sites for hydroxylation is 1. The molecule has 3 rings (SSSR count). The number of carbonyl (C=O) groups excluding carboxylic acids is 2. The molecule has 0 N–H and O–H groups in total. The Balaban J connectivity index is 1.53. The van der Waals surface area contributed by atoms with Crippen LogP contribution in [0.5, 0.6) is 0 Å². The molecule has 2 aromatic rings. The summed E-state index contributed by atoms with van der Waals surface area (Å²) in [6, 6.07) is 9.66. The Morgan fingerprint density at radius 3 is 2.20 bits per heavy atom. The summed E-state index contributed by atoms with van der Waals surface area (Å²) >= 11 is 1.66. The fourth-order valence-electron chi connectivity index (χ4n) is 3.03. The van der Waals surface area contributed by atoms with E-state index in [-0.39, 0.29) is 11.8 Å². The Morgan fingerprint density at radius 1 is 1.00 bits per heavy atom. The van der Waals surface area contributed by atoms with Gasteiger partial charge in [-0.15, -0.1) is 11.8 Å². The molecule has 0 atom stereocenters. The fourth-order valence-corrected chi connectivity index (χ4v) is 3.44. The monoisotopic (exact) mass is 357 g/mol. The summed E-state index contributed by atoms with van der Waals surface area (Å²) in [6.45, 7) is 2.37. The van der Waals surface area contributed by atoms with E-state index in [1.165, 1.54) is 0 Å². The van der Waals surface area contributed by atoms with Crippen LogP contribution >= 0.6 is 11.8 Å². The van der Waals surface area contributed by atoms with Crippen LogP contribution in [0.4, 0.5) is 0 Å². The molecule has 0 spiro atoms. The minimum Gasteiger partial charge on any atom is -0.357 e. The number of piperazine rings is 1. The Morgan fingerprint density at radius 2 is 1.64 bits per heavy atom. The van der Waals surface area contributed by atoms with E-state index in [1.807, 2.05) is 70.4 Å². The first kappa shape index (κ1) is 17.6. The van der Waals surface area contributed by atoms with E-state index in [2.05, 4.69) is 0 Å². The van der Waals surface area contributed by atoms with Crippen LogP contribution in [0.1, 0.15) is 15.9 Å². The minimum atomic E-state index is 0.0443. The molecule has 132 valence electrons. The average Bonchev–Trinajstić information content (AvgIpc) is 3.06. The molecular formula is C19H23N3O2S. The lowest BCUT2D eigenvalue weighted by molar-refractivity contribution is -0.131. The first-order valence-corrected chi connectivity index (χ1v) is 9.61. The molecule has 1 aliphatic heterocycles. The first-order valence-electron chi connectivity index (χ1n) is 8.39. The van der Waals surface area contributed by atoms with Gasteiger partial charge in [-0.05, 0) is 42.2 Å². The molecule has 0 unspecified atom stereocenters. The molecular weight excluding hydrogens is 334 g/mol. The van der Waals surface area contributed by atoms with Gasteiger partial charge in [0.05, 0.1) is 6.42 Å². The lowest BCUT2D eigenvalue weighted by atomic mass is 10.1. The standard InChI is InChI=1S/C19H23N3O2S/c1-20-8-7-15(14-20)13-18(23)21-9-11-22(12-10-21)19(24)16-3-5-17(25-2)6-4-16/h3-8,14H,9-13H2,1-2H3. The highest BCUT2D eigenvalue weighted by atomic mass is 32.2. The molecule has 6 heteroatoms. The zero-order valence-corrected chi connectivity index (χ0v) is 15.5. The van der Waals surface area contributed by atoms with Crippen LogP contribution in [0, 0.1) is 0 Å². The number of hydrogen-bond acceptors (Lipinski definition) is 3. The second-order valence-electron chi connectivity index (χ2n) is 6.26. The Bertz CT molecular complexity index is 746. The van der Waals surface area contributed by atoms with Gasteiger partial charge in [-0.1, -0.05) is 0 Å². The van der Waals surface area contributed by atoms with Crippen molar-refractivity contribution >= 4 is 23.6 Å². The molecule has 2 heterocycles. The second kappa shape index (κ2) is 7.78. The van der Waals surface area contributed by atoms with Crippen LogP contribution < -0.4 is 0 Å². The van der Waals surface area contributed by atoms with Gasteiger partial charge >= 0.3 is 0 Å². The zero-order chi connectivity index (χ0) is 17.8. The van der Waals surface area contributed by atoms with E-state index < -0.39 is 0 Å². The minimum absolute atomic E-state index is 0.0443. The topological polar surface area (TPSA) is 45.6 Å². The van der Waals surface area contributed by atoms with Crippen LogP contribution in [0.2, 0.25) is 0 Å². The van der Waals surface area contributed by atoms with E-state index in [0.717, 1.165) is 10.5 Å². The van der Waals surface area contributed by atoms with Gasteiger partial charge in [0, 0.05) is 56.1 Å². The van der Waals surface area contributed by atoms with Crippen molar-refractivity contribution < 1.29 is 9.59 Å². The van der Waals surface area contributed by atoms with Crippen molar-refractivity contribution in [3.05, 3.63) is 53.9 Å². The molecule has 0 bridgehead atoms. The predicted molar refractivity (Wildman–Crippen MR) is 99.8 cm³/mol. The maximum atomic E-state index is 12.6. The molecule has 1 aromatic heterocycles. The molecule has 0 saturated carbocycles. The molecule has 0 aliphatic carbocycles. The Kier molecular flexibility index (Phi) is 5.48. The second-order valence-corrected chi connectivity index (χ2v) is 7.14. The van der Waals surface area contributed by atoms with E-state index in [1.54, 1.807) is 11.8 Å². The largest absolute Gasteiger partial charge is 0.357 e. The molecule has 1 aromatic carbocycles. The summed E-state index contributed by atoms with van der Waals surface area (Å²) in [5.74, 6) is 0.172. The highest BCUT2D eigenvalue weighted by Crippen LogP contribution is 2.17. The van der Waals surface area contributed by atoms with Crippen molar-refractivity contribution in [1.29, 1.82) is 0 Å². The molecule has 2 amide bonds. The summed E-state index contributed by atoms with van der Waals surface area (Å²) in [4.78, 5) is 29.8. The van der Waals surface area contributed by atoms with Gasteiger partial charge in [0.25, 0.3) is 5.91 Å². The van der Waals surface area contributed by atoms with Gasteiger partial charge < -0.3 is 14.4 Å². The van der Waals surface area contributed by atoms with Gasteiger partial charge in [-0.3, -0.25) is 9.59 Å². The van der Waals surface area contributed by atoms with Crippen molar-refractivity contribution in [2.45, 2.75) is 11.3 Å². The molecule has 1 fully saturated rings. The summed E-state index contributed by atoms with van der Waals surface area (Å²) in [6.07, 6.45) is 6.35. The van der Waals surface area contributed by atoms with E-state index in [4.69, 9.17) is 0 Å². The van der Waals surface area contributed by atoms with Crippen molar-refractivity contribution in [3.63, 3.8) is 0 Å². The van der Waals surface area contributed by atoms with E-state index in [9.17, 15) is 9.59 Å². The molecule has 5 nitrogen and oxygen atoms in total. The zero-order valence-electron chi connectivity index (χ0n) is 14.6. The maximum absolute atomic E-state index is 12.6. The summed E-state index contributed by atoms with van der Waals surface area (Å²) in [5.41, 5.74) is 1.74. The summed E-state index contributed by atoms with van der Waals surface area (Å²) in [5, 5.41) is 0. The first-order chi connectivity index (χ1) is 12.1. The number of hydrogen-bond donors (Lipinski definition) is 0. The third-order valence-corrected chi connectivity index (χ3v) is 5.25. The number of aromatic nitrogens is 1. The van der Waals surface area contributed by atoms with Crippen molar-refractivity contribution in [2.75, 3.05) is 32.4 Å². The molecule has 1 saturated heterocycles. The highest BCUT2D eigenvalue weighted by molar-refractivity contribution is 7.98. The van der Waals surface area contributed by atoms with Crippen LogP contribution in [-0.2, 0) is 18.3 Å². The number of benzene rings is 1. The number of rotatable bonds is 4. The van der Waals surface area contributed by atoms with Crippen LogP contribution in [0.3, 0.4) is 0 Å². The van der Waals surface area contributed by atoms with Gasteiger partial charge in [-0.25, -0.2) is 0 Å². The lowest BCUT2D eigenvalue weighted by Gasteiger charge is -2.35. The highest BCUT2D eigenvalue weighted by Gasteiger charge is 2.24. The van der Waals surface area contributed by atoms with Crippen molar-refractivity contribution in [3.8, 4) is 0 Å². The summed E-state index contributed by atoms with van der Waals surface area (Å²) in [7, 11) is 1.95. The van der Waals surface area contributed by atoms with Gasteiger partial charge in [0.1, 0.15) is 0 Å². The molecule has 1 aliphatic rings. The normalized spacial score (nSPS) is 14.6. The smallest absolute Gasteiger partial charge is 0.253 e. The number of carbonyl (C=O) groups is 2. The van der Waals surface area contributed by atoms with Gasteiger partial charge in [0.2, 0.25) is 5.91 Å². The van der Waals surface area contributed by atoms with Crippen LogP contribution in [-0.4, -0.2) is 58.6 Å². The van der Waals surface area contributed by atoms with Crippen molar-refractivity contribution in [1.82, 2.24) is 14.4 Å². The quantitative estimate of drug-likeness (QED) is 0.789. The number of amides is 2. The van der Waals surface area contributed by atoms with Crippen molar-refractivity contribution in [2.24, 2.45) is 7.05 Å². The van der Waals surface area contributed by atoms with E-state index in [0.29, 0.717) is 38.2 Å². The fraction of sp³-hybridized carbons (Fsp3) is 0.368. The third kappa shape index (κ3) is 4.25. The Labute approximate surface area is 152 Å². The average molecular weight is 357 g/mol. The molecule has 25 heavy (non-hydrogen) atoms. The van der Waals surface area contributed by atoms with Crippen LogP contribution in [0.25, 0.3) is 0 Å². The van der Waals surface area contributed by atoms with E-state index >= 15 is 0 Å². The molecule has 0 radical (unpaired) electrons. The van der Waals surface area contributed by atoms with Gasteiger partial charge in [-0.2, -0.15) is 0 Å². The maximum Gasteiger partial charge on any atom is 0.253 e. The Hall–Kier alpha value is -2.21. The number of thioether (sulfide) groups is 1.